The molecule has 0 aliphatic carbocycles. The number of nitrogens with zero attached hydrogens (tertiary/aromatic N) is 1. The number of hydrogen-bond donors (Lipinski definition) is 1. The highest BCUT2D eigenvalue weighted by Gasteiger charge is 2.31. The number of carbonyl (C=O) groups is 2. The van der Waals surface area contributed by atoms with Crippen molar-refractivity contribution in [2.75, 3.05) is 18.0 Å². The van der Waals surface area contributed by atoms with Crippen LogP contribution >= 0.6 is 11.6 Å². The standard InChI is InChI=1S/C19H18ClF3N2O2/c1-13(26)25(17-4-2-3-15(12-17)19(21,22)23)10-9-24-18(27)11-14-5-7-16(20)8-6-14/h2-8,12H,9-11H2,1H3,(H,24,27). The summed E-state index contributed by atoms with van der Waals surface area (Å²) in [6, 6.07) is 11.3. The fourth-order valence-electron chi connectivity index (χ4n) is 2.48. The molecule has 2 amide bonds. The summed E-state index contributed by atoms with van der Waals surface area (Å²) in [5.41, 5.74) is 0.0699. The quantitative estimate of drug-likeness (QED) is 0.797. The van der Waals surface area contributed by atoms with E-state index in [1.807, 2.05) is 0 Å². The van der Waals surface area contributed by atoms with Gasteiger partial charge in [-0.15, -0.1) is 0 Å². The summed E-state index contributed by atoms with van der Waals surface area (Å²) in [5, 5.41) is 3.22. The molecule has 4 nitrogen and oxygen atoms in total. The molecule has 144 valence electrons. The first kappa shape index (κ1) is 20.8. The largest absolute Gasteiger partial charge is 0.416 e. The molecule has 0 aliphatic rings. The Labute approximate surface area is 159 Å². The highest BCUT2D eigenvalue weighted by Crippen LogP contribution is 2.31. The lowest BCUT2D eigenvalue weighted by atomic mass is 10.1. The molecule has 0 saturated heterocycles. The van der Waals surface area contributed by atoms with Gasteiger partial charge in [-0.2, -0.15) is 13.2 Å². The second-order valence-corrected chi connectivity index (χ2v) is 6.31. The molecule has 2 aromatic carbocycles. The lowest BCUT2D eigenvalue weighted by Gasteiger charge is -2.22. The van der Waals surface area contributed by atoms with Crippen LogP contribution in [0.5, 0.6) is 0 Å². The molecule has 0 saturated carbocycles. The number of benzene rings is 2. The molecular weight excluding hydrogens is 381 g/mol. The molecule has 0 unspecified atom stereocenters. The fraction of sp³-hybridized carbons (Fsp3) is 0.263. The minimum atomic E-state index is -4.49. The van der Waals surface area contributed by atoms with Gasteiger partial charge in [0.05, 0.1) is 12.0 Å². The van der Waals surface area contributed by atoms with Gasteiger partial charge in [0.1, 0.15) is 0 Å². The van der Waals surface area contributed by atoms with Gasteiger partial charge in [-0.05, 0) is 35.9 Å². The van der Waals surface area contributed by atoms with Crippen LogP contribution in [0.25, 0.3) is 0 Å². The van der Waals surface area contributed by atoms with Gasteiger partial charge in [-0.3, -0.25) is 9.59 Å². The highest BCUT2D eigenvalue weighted by molar-refractivity contribution is 6.30. The van der Waals surface area contributed by atoms with Crippen molar-refractivity contribution in [2.24, 2.45) is 0 Å². The summed E-state index contributed by atoms with van der Waals surface area (Å²) in [6.45, 7) is 1.43. The van der Waals surface area contributed by atoms with Crippen LogP contribution in [0.2, 0.25) is 5.02 Å². The van der Waals surface area contributed by atoms with E-state index < -0.39 is 17.6 Å². The zero-order valence-corrected chi connectivity index (χ0v) is 15.3. The molecule has 1 N–H and O–H groups in total. The van der Waals surface area contributed by atoms with E-state index in [1.54, 1.807) is 24.3 Å². The van der Waals surface area contributed by atoms with E-state index in [4.69, 9.17) is 11.6 Å². The minimum Gasteiger partial charge on any atom is -0.354 e. The Bertz CT molecular complexity index is 807. The van der Waals surface area contributed by atoms with Crippen LogP contribution in [0, 0.1) is 0 Å². The van der Waals surface area contributed by atoms with Crippen molar-refractivity contribution in [3.8, 4) is 0 Å². The van der Waals surface area contributed by atoms with Crippen molar-refractivity contribution in [2.45, 2.75) is 19.5 Å². The number of hydrogen-bond acceptors (Lipinski definition) is 2. The molecule has 0 radical (unpaired) electrons. The van der Waals surface area contributed by atoms with Crippen LogP contribution in [-0.2, 0) is 22.2 Å². The smallest absolute Gasteiger partial charge is 0.354 e. The van der Waals surface area contributed by atoms with Crippen LogP contribution in [0.1, 0.15) is 18.1 Å². The number of halogens is 4. The van der Waals surface area contributed by atoms with Gasteiger partial charge >= 0.3 is 6.18 Å². The maximum absolute atomic E-state index is 12.9. The van der Waals surface area contributed by atoms with Gasteiger partial charge in [-0.25, -0.2) is 0 Å². The Morgan fingerprint density at radius 2 is 1.78 bits per heavy atom. The Kier molecular flexibility index (Phi) is 6.85. The van der Waals surface area contributed by atoms with Gasteiger partial charge < -0.3 is 10.2 Å². The summed E-state index contributed by atoms with van der Waals surface area (Å²) < 4.78 is 38.6. The van der Waals surface area contributed by atoms with Gasteiger partial charge in [0.25, 0.3) is 0 Å². The molecule has 0 heterocycles. The third-order valence-corrected chi connectivity index (χ3v) is 4.05. The van der Waals surface area contributed by atoms with Crippen LogP contribution in [0.4, 0.5) is 18.9 Å². The van der Waals surface area contributed by atoms with Crippen molar-refractivity contribution in [1.29, 1.82) is 0 Å². The Balaban J connectivity index is 1.96. The van der Waals surface area contributed by atoms with Crippen molar-refractivity contribution in [3.63, 3.8) is 0 Å². The van der Waals surface area contributed by atoms with E-state index in [2.05, 4.69) is 5.32 Å². The second kappa shape index (κ2) is 8.90. The summed E-state index contributed by atoms with van der Waals surface area (Å²) in [7, 11) is 0. The van der Waals surface area contributed by atoms with Crippen molar-refractivity contribution in [1.82, 2.24) is 5.32 Å². The molecule has 2 rings (SSSR count). The SMILES string of the molecule is CC(=O)N(CCNC(=O)Cc1ccc(Cl)cc1)c1cccc(C(F)(F)F)c1. The van der Waals surface area contributed by atoms with E-state index in [0.29, 0.717) is 5.02 Å². The Hall–Kier alpha value is -2.54. The molecule has 8 heteroatoms. The maximum atomic E-state index is 12.9. The zero-order valence-electron chi connectivity index (χ0n) is 14.5. The third kappa shape index (κ3) is 6.29. The topological polar surface area (TPSA) is 49.4 Å². The summed E-state index contributed by atoms with van der Waals surface area (Å²) in [5.74, 6) is -0.675. The number of alkyl halides is 3. The third-order valence-electron chi connectivity index (χ3n) is 3.80. The average Bonchev–Trinajstić information content (AvgIpc) is 2.60. The van der Waals surface area contributed by atoms with E-state index in [-0.39, 0.29) is 31.1 Å². The monoisotopic (exact) mass is 398 g/mol. The van der Waals surface area contributed by atoms with Gasteiger partial charge in [0.15, 0.2) is 0 Å². The van der Waals surface area contributed by atoms with E-state index in [9.17, 15) is 22.8 Å². The van der Waals surface area contributed by atoms with E-state index >= 15 is 0 Å². The van der Waals surface area contributed by atoms with Crippen molar-refractivity contribution < 1.29 is 22.8 Å². The predicted molar refractivity (Wildman–Crippen MR) is 97.6 cm³/mol. The zero-order chi connectivity index (χ0) is 20.0. The summed E-state index contributed by atoms with van der Waals surface area (Å²) >= 11 is 5.79. The number of nitrogens with one attached hydrogen (secondary N) is 1. The number of carbonyl (C=O) groups excluding carboxylic acids is 2. The molecule has 0 atom stereocenters. The molecule has 0 aromatic heterocycles. The lowest BCUT2D eigenvalue weighted by Crippen LogP contribution is -2.38. The molecule has 0 spiro atoms. The molecule has 0 bridgehead atoms. The van der Waals surface area contributed by atoms with Crippen LogP contribution in [0.15, 0.2) is 48.5 Å². The van der Waals surface area contributed by atoms with Gasteiger partial charge in [-0.1, -0.05) is 29.8 Å². The van der Waals surface area contributed by atoms with Crippen LogP contribution in [-0.4, -0.2) is 24.9 Å². The van der Waals surface area contributed by atoms with E-state index in [0.717, 1.165) is 17.7 Å². The molecule has 27 heavy (non-hydrogen) atoms. The predicted octanol–water partition coefficient (Wildman–Crippen LogP) is 4.07. The lowest BCUT2D eigenvalue weighted by molar-refractivity contribution is -0.137. The maximum Gasteiger partial charge on any atom is 0.416 e. The Morgan fingerprint density at radius 1 is 1.11 bits per heavy atom. The first-order chi connectivity index (χ1) is 12.7. The minimum absolute atomic E-state index is 0.0585. The van der Waals surface area contributed by atoms with Crippen LogP contribution < -0.4 is 10.2 Å². The summed E-state index contributed by atoms with van der Waals surface area (Å²) in [6.07, 6.45) is -4.36. The van der Waals surface area contributed by atoms with E-state index in [1.165, 1.54) is 24.0 Å². The van der Waals surface area contributed by atoms with Crippen molar-refractivity contribution >= 4 is 29.1 Å². The summed E-state index contributed by atoms with van der Waals surface area (Å²) in [4.78, 5) is 25.0. The molecular formula is C19H18ClF3N2O2. The number of amides is 2. The first-order valence-corrected chi connectivity index (χ1v) is 8.51. The van der Waals surface area contributed by atoms with Crippen LogP contribution in [0.3, 0.4) is 0 Å². The van der Waals surface area contributed by atoms with Gasteiger partial charge in [0, 0.05) is 30.7 Å². The average molecular weight is 399 g/mol. The first-order valence-electron chi connectivity index (χ1n) is 8.13. The molecule has 0 aliphatic heterocycles. The molecule has 0 fully saturated rings. The number of rotatable bonds is 6. The number of anilines is 1. The second-order valence-electron chi connectivity index (χ2n) is 5.87. The Morgan fingerprint density at radius 3 is 2.37 bits per heavy atom. The normalized spacial score (nSPS) is 11.1. The highest BCUT2D eigenvalue weighted by atomic mass is 35.5. The van der Waals surface area contributed by atoms with Gasteiger partial charge in [0.2, 0.25) is 11.8 Å². The fourth-order valence-corrected chi connectivity index (χ4v) is 2.60. The van der Waals surface area contributed by atoms with Crippen molar-refractivity contribution in [3.05, 3.63) is 64.7 Å². The molecule has 2 aromatic rings.